The van der Waals surface area contributed by atoms with Crippen molar-refractivity contribution in [1.29, 1.82) is 0 Å². The minimum absolute atomic E-state index is 0.133. The lowest BCUT2D eigenvalue weighted by molar-refractivity contribution is -0.131. The number of nitrogens with zero attached hydrogens (tertiary/aromatic N) is 2. The van der Waals surface area contributed by atoms with Gasteiger partial charge in [-0.1, -0.05) is 19.1 Å². The molecule has 2 aliphatic rings. The van der Waals surface area contributed by atoms with Crippen LogP contribution in [-0.4, -0.2) is 47.9 Å². The molecule has 1 saturated carbocycles. The molecular weight excluding hydrogens is 269 g/mol. The monoisotopic (exact) mass is 291 g/mol. The summed E-state index contributed by atoms with van der Waals surface area (Å²) in [6.45, 7) is 4.60. The number of hydrogen-bond donors (Lipinski definition) is 1. The first-order chi connectivity index (χ1) is 10.1. The largest absolute Gasteiger partial charge is 0.320 e. The molecule has 0 aromatic heterocycles. The molecule has 1 N–H and O–H groups in total. The van der Waals surface area contributed by atoms with Gasteiger partial charge in [0, 0.05) is 13.1 Å². The zero-order valence-electron chi connectivity index (χ0n) is 12.6. The Kier molecular flexibility index (Phi) is 3.71. The topological polar surface area (TPSA) is 35.6 Å². The molecule has 3 rings (SSSR count). The van der Waals surface area contributed by atoms with Gasteiger partial charge in [-0.2, -0.15) is 0 Å². The van der Waals surface area contributed by atoms with Gasteiger partial charge in [0.2, 0.25) is 5.91 Å². The molecule has 1 aliphatic carbocycles. The maximum atomic E-state index is 13.1. The van der Waals surface area contributed by atoms with Crippen LogP contribution in [0.1, 0.15) is 31.5 Å². The van der Waals surface area contributed by atoms with Crippen LogP contribution in [0.15, 0.2) is 24.3 Å². The van der Waals surface area contributed by atoms with Gasteiger partial charge in [-0.25, -0.2) is 4.39 Å². The normalized spacial score (nSPS) is 23.3. The Labute approximate surface area is 124 Å². The molecule has 114 valence electrons. The van der Waals surface area contributed by atoms with Gasteiger partial charge in [0.25, 0.3) is 0 Å². The van der Waals surface area contributed by atoms with E-state index in [1.165, 1.54) is 12.1 Å². The van der Waals surface area contributed by atoms with E-state index in [4.69, 9.17) is 0 Å². The van der Waals surface area contributed by atoms with E-state index in [0.717, 1.165) is 31.5 Å². The fourth-order valence-electron chi connectivity index (χ4n) is 2.85. The number of carbonyl (C=O) groups excluding carboxylic acids is 1. The van der Waals surface area contributed by atoms with Crippen molar-refractivity contribution in [2.24, 2.45) is 0 Å². The average Bonchev–Trinajstić information content (AvgIpc) is 3.21. The fourth-order valence-corrected chi connectivity index (χ4v) is 2.85. The molecule has 4 nitrogen and oxygen atoms in total. The Morgan fingerprint density at radius 1 is 1.38 bits per heavy atom. The Bertz CT molecular complexity index is 527. The van der Waals surface area contributed by atoms with Gasteiger partial charge in [0.1, 0.15) is 17.5 Å². The van der Waals surface area contributed by atoms with Crippen molar-refractivity contribution in [2.45, 2.75) is 31.5 Å². The number of carbonyl (C=O) groups is 1. The zero-order chi connectivity index (χ0) is 15.0. The van der Waals surface area contributed by atoms with Gasteiger partial charge in [-0.3, -0.25) is 10.1 Å². The lowest BCUT2D eigenvalue weighted by atomic mass is 10.1. The molecule has 2 fully saturated rings. The van der Waals surface area contributed by atoms with E-state index in [1.54, 1.807) is 12.1 Å². The van der Waals surface area contributed by atoms with Crippen LogP contribution in [0.25, 0.3) is 0 Å². The molecule has 1 spiro atoms. The molecule has 1 aliphatic heterocycles. The van der Waals surface area contributed by atoms with Gasteiger partial charge < -0.3 is 9.80 Å². The summed E-state index contributed by atoms with van der Waals surface area (Å²) in [5.41, 5.74) is 0.608. The van der Waals surface area contributed by atoms with Crippen LogP contribution in [0.3, 0.4) is 0 Å². The van der Waals surface area contributed by atoms with Crippen LogP contribution < -0.4 is 5.32 Å². The Balaban J connectivity index is 1.79. The number of benzene rings is 1. The molecular formula is C16H22FN3O. The third-order valence-corrected chi connectivity index (χ3v) is 4.59. The highest BCUT2D eigenvalue weighted by atomic mass is 19.1. The molecule has 1 amide bonds. The Morgan fingerprint density at radius 3 is 2.62 bits per heavy atom. The molecule has 1 heterocycles. The van der Waals surface area contributed by atoms with Gasteiger partial charge in [-0.05, 0) is 44.1 Å². The minimum atomic E-state index is -0.343. The van der Waals surface area contributed by atoms with Crippen molar-refractivity contribution in [3.63, 3.8) is 0 Å². The molecule has 1 atom stereocenters. The fraction of sp³-hybridized carbons (Fsp3) is 0.562. The van der Waals surface area contributed by atoms with Crippen LogP contribution in [0.5, 0.6) is 0 Å². The predicted octanol–water partition coefficient (Wildman–Crippen LogP) is 1.74. The van der Waals surface area contributed by atoms with E-state index in [1.807, 2.05) is 11.9 Å². The molecule has 21 heavy (non-hydrogen) atoms. The molecule has 5 heteroatoms. The highest BCUT2D eigenvalue weighted by Gasteiger charge is 2.59. The lowest BCUT2D eigenvalue weighted by Gasteiger charge is -2.26. The minimum Gasteiger partial charge on any atom is -0.320 e. The van der Waals surface area contributed by atoms with E-state index in [9.17, 15) is 9.18 Å². The zero-order valence-corrected chi connectivity index (χ0v) is 12.6. The van der Waals surface area contributed by atoms with Gasteiger partial charge in [-0.15, -0.1) is 0 Å². The third-order valence-electron chi connectivity index (χ3n) is 4.59. The quantitative estimate of drug-likeness (QED) is 0.897. The van der Waals surface area contributed by atoms with Crippen LogP contribution in [0.4, 0.5) is 4.39 Å². The number of likely N-dealkylation sites (N-methyl/N-ethyl adjacent to an activating group) is 1. The van der Waals surface area contributed by atoms with Crippen molar-refractivity contribution in [3.05, 3.63) is 35.6 Å². The summed E-state index contributed by atoms with van der Waals surface area (Å²) in [6, 6.07) is 6.43. The number of hydrogen-bond acceptors (Lipinski definition) is 3. The molecule has 1 aromatic carbocycles. The summed E-state index contributed by atoms with van der Waals surface area (Å²) in [7, 11) is 2.05. The van der Waals surface area contributed by atoms with Crippen molar-refractivity contribution >= 4 is 5.91 Å². The summed E-state index contributed by atoms with van der Waals surface area (Å²) >= 11 is 0. The van der Waals surface area contributed by atoms with Crippen molar-refractivity contribution < 1.29 is 9.18 Å². The highest BCUT2D eigenvalue weighted by Crippen LogP contribution is 2.45. The molecule has 1 aromatic rings. The number of nitrogens with one attached hydrogen (secondary N) is 1. The molecule has 0 radical (unpaired) electrons. The SMILES string of the molecule is CCN(C)CCN1C(=O)C2(CC2)NC1c1ccc(F)cc1. The third kappa shape index (κ3) is 2.68. The van der Waals surface area contributed by atoms with Crippen LogP contribution in [0, 0.1) is 5.82 Å². The maximum Gasteiger partial charge on any atom is 0.244 e. The van der Waals surface area contributed by atoms with Crippen LogP contribution in [-0.2, 0) is 4.79 Å². The second kappa shape index (κ2) is 5.39. The van der Waals surface area contributed by atoms with Crippen LogP contribution >= 0.6 is 0 Å². The van der Waals surface area contributed by atoms with Crippen molar-refractivity contribution in [1.82, 2.24) is 15.1 Å². The summed E-state index contributed by atoms with van der Waals surface area (Å²) in [5, 5.41) is 3.45. The smallest absolute Gasteiger partial charge is 0.244 e. The Morgan fingerprint density at radius 2 is 2.05 bits per heavy atom. The van der Waals surface area contributed by atoms with Gasteiger partial charge >= 0.3 is 0 Å². The van der Waals surface area contributed by atoms with E-state index in [2.05, 4.69) is 17.1 Å². The first-order valence-corrected chi connectivity index (χ1v) is 7.58. The van der Waals surface area contributed by atoms with Crippen molar-refractivity contribution in [2.75, 3.05) is 26.7 Å². The summed E-state index contributed by atoms with van der Waals surface area (Å²) in [5.74, 6) is -0.0530. The predicted molar refractivity (Wildman–Crippen MR) is 79.1 cm³/mol. The van der Waals surface area contributed by atoms with Crippen LogP contribution in [0.2, 0.25) is 0 Å². The van der Waals surface area contributed by atoms with E-state index in [-0.39, 0.29) is 23.4 Å². The summed E-state index contributed by atoms with van der Waals surface area (Å²) in [6.07, 6.45) is 1.68. The standard InChI is InChI=1S/C16H22FN3O/c1-3-19(2)10-11-20-14(12-4-6-13(17)7-5-12)18-16(8-9-16)15(20)21/h4-7,14,18H,3,8-11H2,1-2H3. The lowest BCUT2D eigenvalue weighted by Crippen LogP contribution is -2.37. The van der Waals surface area contributed by atoms with Gasteiger partial charge in [0.05, 0.1) is 0 Å². The second-order valence-electron chi connectivity index (χ2n) is 6.07. The first-order valence-electron chi connectivity index (χ1n) is 7.58. The second-order valence-corrected chi connectivity index (χ2v) is 6.07. The van der Waals surface area contributed by atoms with E-state index >= 15 is 0 Å². The summed E-state index contributed by atoms with van der Waals surface area (Å²) < 4.78 is 13.1. The van der Waals surface area contributed by atoms with Gasteiger partial charge in [0.15, 0.2) is 0 Å². The number of halogens is 1. The van der Waals surface area contributed by atoms with E-state index < -0.39 is 0 Å². The molecule has 1 unspecified atom stereocenters. The molecule has 0 bridgehead atoms. The number of rotatable bonds is 5. The average molecular weight is 291 g/mol. The molecule has 1 saturated heterocycles. The summed E-state index contributed by atoms with van der Waals surface area (Å²) in [4.78, 5) is 16.7. The first kappa shape index (κ1) is 14.5. The van der Waals surface area contributed by atoms with Crippen molar-refractivity contribution in [3.8, 4) is 0 Å². The number of amides is 1. The highest BCUT2D eigenvalue weighted by molar-refractivity contribution is 5.92. The van der Waals surface area contributed by atoms with E-state index in [0.29, 0.717) is 6.54 Å². The Hall–Kier alpha value is -1.46. The maximum absolute atomic E-state index is 13.1.